The number of para-hydroxylation sites is 1. The molecule has 6 heteroatoms. The summed E-state index contributed by atoms with van der Waals surface area (Å²) in [5.74, 6) is -0.850. The molecular formula is C25H21ClN2O2S. The fourth-order valence-corrected chi connectivity index (χ4v) is 5.35. The van der Waals surface area contributed by atoms with Crippen molar-refractivity contribution in [3.63, 3.8) is 0 Å². The number of rotatable bonds is 6. The highest BCUT2D eigenvalue weighted by molar-refractivity contribution is 7.97. The van der Waals surface area contributed by atoms with Crippen LogP contribution in [0, 0.1) is 0 Å². The second kappa shape index (κ2) is 8.42. The van der Waals surface area contributed by atoms with Crippen LogP contribution in [0.4, 0.5) is 0 Å². The number of halogens is 1. The summed E-state index contributed by atoms with van der Waals surface area (Å²) in [6.45, 7) is 0. The highest BCUT2D eigenvalue weighted by Crippen LogP contribution is 2.36. The van der Waals surface area contributed by atoms with Gasteiger partial charge in [-0.1, -0.05) is 60.1 Å². The molecule has 0 spiro atoms. The van der Waals surface area contributed by atoms with Crippen molar-refractivity contribution in [1.29, 1.82) is 0 Å². The Bertz CT molecular complexity index is 1260. The maximum atomic E-state index is 11.5. The SMILES string of the molecule is O=C(O)Cc1c(-c2ccc(Cl)c(SNC3Cc4ccccc4C3)c2)[nH]c2ccccc12. The number of fused-ring (bicyclic) bond motifs is 2. The van der Waals surface area contributed by atoms with Crippen molar-refractivity contribution in [1.82, 2.24) is 9.71 Å². The lowest BCUT2D eigenvalue weighted by atomic mass is 10.0. The first-order valence-electron chi connectivity index (χ1n) is 10.2. The maximum Gasteiger partial charge on any atom is 0.307 e. The van der Waals surface area contributed by atoms with Crippen LogP contribution in [0.25, 0.3) is 22.2 Å². The number of hydrogen-bond acceptors (Lipinski definition) is 3. The third-order valence-corrected chi connectivity index (χ3v) is 7.20. The number of hydrogen-bond donors (Lipinski definition) is 3. The van der Waals surface area contributed by atoms with Gasteiger partial charge in [0, 0.05) is 21.8 Å². The minimum Gasteiger partial charge on any atom is -0.481 e. The number of H-pyrrole nitrogens is 1. The molecule has 0 bridgehead atoms. The summed E-state index contributed by atoms with van der Waals surface area (Å²) in [6.07, 6.45) is 1.97. The van der Waals surface area contributed by atoms with Gasteiger partial charge in [0.2, 0.25) is 0 Å². The quantitative estimate of drug-likeness (QED) is 0.322. The van der Waals surface area contributed by atoms with Crippen LogP contribution < -0.4 is 4.72 Å². The van der Waals surface area contributed by atoms with E-state index in [1.165, 1.54) is 23.1 Å². The highest BCUT2D eigenvalue weighted by Gasteiger charge is 2.21. The molecule has 31 heavy (non-hydrogen) atoms. The third-order valence-electron chi connectivity index (χ3n) is 5.75. The average molecular weight is 449 g/mol. The number of nitrogens with one attached hydrogen (secondary N) is 2. The van der Waals surface area contributed by atoms with Gasteiger partial charge in [0.25, 0.3) is 0 Å². The molecule has 5 rings (SSSR count). The van der Waals surface area contributed by atoms with Crippen LogP contribution in [0.1, 0.15) is 16.7 Å². The van der Waals surface area contributed by atoms with Gasteiger partial charge in [0.05, 0.1) is 17.1 Å². The summed E-state index contributed by atoms with van der Waals surface area (Å²) in [5.41, 5.74) is 6.28. The fourth-order valence-electron chi connectivity index (χ4n) is 4.31. The van der Waals surface area contributed by atoms with Crippen molar-refractivity contribution in [3.8, 4) is 11.3 Å². The van der Waals surface area contributed by atoms with Crippen LogP contribution >= 0.6 is 23.5 Å². The first-order valence-corrected chi connectivity index (χ1v) is 11.4. The Morgan fingerprint density at radius 2 is 1.77 bits per heavy atom. The summed E-state index contributed by atoms with van der Waals surface area (Å²) in [7, 11) is 0. The zero-order valence-electron chi connectivity index (χ0n) is 16.7. The van der Waals surface area contributed by atoms with Gasteiger partial charge >= 0.3 is 5.97 Å². The van der Waals surface area contributed by atoms with E-state index < -0.39 is 5.97 Å². The van der Waals surface area contributed by atoms with Crippen molar-refractivity contribution >= 4 is 40.4 Å². The van der Waals surface area contributed by atoms with Crippen LogP contribution in [0.3, 0.4) is 0 Å². The summed E-state index contributed by atoms with van der Waals surface area (Å²) in [6, 6.07) is 22.5. The van der Waals surface area contributed by atoms with Crippen LogP contribution in [-0.4, -0.2) is 22.1 Å². The molecule has 0 saturated carbocycles. The molecular weight excluding hydrogens is 428 g/mol. The Kier molecular flexibility index (Phi) is 5.48. The number of benzene rings is 3. The molecule has 0 saturated heterocycles. The van der Waals surface area contributed by atoms with E-state index in [0.29, 0.717) is 11.1 Å². The van der Waals surface area contributed by atoms with Gasteiger partial charge < -0.3 is 10.1 Å². The lowest BCUT2D eigenvalue weighted by Crippen LogP contribution is -2.23. The smallest absolute Gasteiger partial charge is 0.307 e. The summed E-state index contributed by atoms with van der Waals surface area (Å²) >= 11 is 8.03. The Labute approximate surface area is 189 Å². The highest BCUT2D eigenvalue weighted by atomic mass is 35.5. The normalized spacial score (nSPS) is 13.6. The van der Waals surface area contributed by atoms with Crippen molar-refractivity contribution in [3.05, 3.63) is 88.4 Å². The predicted molar refractivity (Wildman–Crippen MR) is 127 cm³/mol. The zero-order valence-corrected chi connectivity index (χ0v) is 18.3. The largest absolute Gasteiger partial charge is 0.481 e. The molecule has 1 aliphatic rings. The van der Waals surface area contributed by atoms with Crippen molar-refractivity contribution in [2.24, 2.45) is 0 Å². The van der Waals surface area contributed by atoms with Gasteiger partial charge in [-0.05, 0) is 65.2 Å². The van der Waals surface area contributed by atoms with E-state index in [1.807, 2.05) is 42.5 Å². The second-order valence-corrected chi connectivity index (χ2v) is 9.12. The molecule has 3 N–H and O–H groups in total. The van der Waals surface area contributed by atoms with Gasteiger partial charge in [-0.2, -0.15) is 0 Å². The molecule has 4 nitrogen and oxygen atoms in total. The zero-order chi connectivity index (χ0) is 21.4. The number of aliphatic carboxylic acids is 1. The fraction of sp³-hybridized carbons (Fsp3) is 0.160. The molecule has 1 aliphatic carbocycles. The Hall–Kier alpha value is -2.73. The minimum absolute atomic E-state index is 0.0387. The average Bonchev–Trinajstić information content (AvgIpc) is 3.34. The van der Waals surface area contributed by atoms with Gasteiger partial charge in [-0.25, -0.2) is 0 Å². The number of aromatic amines is 1. The van der Waals surface area contributed by atoms with Crippen LogP contribution in [0.5, 0.6) is 0 Å². The van der Waals surface area contributed by atoms with E-state index in [1.54, 1.807) is 0 Å². The lowest BCUT2D eigenvalue weighted by molar-refractivity contribution is -0.136. The summed E-state index contributed by atoms with van der Waals surface area (Å²) in [5, 5.41) is 11.1. The van der Waals surface area contributed by atoms with Gasteiger partial charge in [0.15, 0.2) is 0 Å². The molecule has 0 amide bonds. The van der Waals surface area contributed by atoms with E-state index in [2.05, 4.69) is 34.0 Å². The molecule has 1 aromatic heterocycles. The van der Waals surface area contributed by atoms with E-state index >= 15 is 0 Å². The lowest BCUT2D eigenvalue weighted by Gasteiger charge is -2.13. The molecule has 0 fully saturated rings. The van der Waals surface area contributed by atoms with Gasteiger partial charge in [-0.15, -0.1) is 0 Å². The Morgan fingerprint density at radius 3 is 2.52 bits per heavy atom. The Morgan fingerprint density at radius 1 is 1.06 bits per heavy atom. The van der Waals surface area contributed by atoms with Gasteiger partial charge in [0.1, 0.15) is 0 Å². The van der Waals surface area contributed by atoms with E-state index in [0.717, 1.165) is 45.5 Å². The molecule has 0 unspecified atom stereocenters. The molecule has 0 atom stereocenters. The standard InChI is InChI=1S/C25H21ClN2O2S/c26-21-10-9-17(25-20(14-24(29)30)19-7-3-4-8-22(19)27-25)13-23(21)31-28-18-11-15-5-1-2-6-16(15)12-18/h1-10,13,18,27-28H,11-12,14H2,(H,29,30). The number of carboxylic acid groups (broad SMARTS) is 1. The minimum atomic E-state index is -0.850. The summed E-state index contributed by atoms with van der Waals surface area (Å²) in [4.78, 5) is 15.8. The monoisotopic (exact) mass is 448 g/mol. The third kappa shape index (κ3) is 4.09. The van der Waals surface area contributed by atoms with E-state index in [9.17, 15) is 9.90 Å². The molecule has 0 radical (unpaired) electrons. The van der Waals surface area contributed by atoms with Crippen molar-refractivity contribution in [2.45, 2.75) is 30.2 Å². The van der Waals surface area contributed by atoms with Crippen LogP contribution in [0.2, 0.25) is 5.02 Å². The van der Waals surface area contributed by atoms with Gasteiger partial charge in [-0.3, -0.25) is 9.52 Å². The topological polar surface area (TPSA) is 65.1 Å². The van der Waals surface area contributed by atoms with Crippen LogP contribution in [-0.2, 0) is 24.1 Å². The molecule has 3 aromatic carbocycles. The first-order chi connectivity index (χ1) is 15.1. The summed E-state index contributed by atoms with van der Waals surface area (Å²) < 4.78 is 3.57. The van der Waals surface area contributed by atoms with Crippen molar-refractivity contribution < 1.29 is 9.90 Å². The maximum absolute atomic E-state index is 11.5. The van der Waals surface area contributed by atoms with E-state index in [-0.39, 0.29) is 6.42 Å². The number of carboxylic acids is 1. The van der Waals surface area contributed by atoms with E-state index in [4.69, 9.17) is 11.6 Å². The number of carbonyl (C=O) groups is 1. The number of aromatic nitrogens is 1. The molecule has 0 aliphatic heterocycles. The predicted octanol–water partition coefficient (Wildman–Crippen LogP) is 5.88. The molecule has 4 aromatic rings. The first kappa shape index (κ1) is 20.2. The molecule has 156 valence electrons. The van der Waals surface area contributed by atoms with Crippen LogP contribution in [0.15, 0.2) is 71.6 Å². The van der Waals surface area contributed by atoms with Crippen molar-refractivity contribution in [2.75, 3.05) is 0 Å². The second-order valence-electron chi connectivity index (χ2n) is 7.83. The Balaban J connectivity index is 1.42. The molecule has 1 heterocycles.